The summed E-state index contributed by atoms with van der Waals surface area (Å²) in [6.45, 7) is 4.19. The van der Waals surface area contributed by atoms with E-state index in [1.54, 1.807) is 19.9 Å². The molecule has 1 aromatic carbocycles. The van der Waals surface area contributed by atoms with E-state index in [9.17, 15) is 9.59 Å². The second-order valence-electron chi connectivity index (χ2n) is 5.42. The summed E-state index contributed by atoms with van der Waals surface area (Å²) in [7, 11) is 1.86. The topological polar surface area (TPSA) is 78.4 Å². The summed E-state index contributed by atoms with van der Waals surface area (Å²) in [4.78, 5) is 23.1. The predicted octanol–water partition coefficient (Wildman–Crippen LogP) is 1.43. The third-order valence-electron chi connectivity index (χ3n) is 2.95. The van der Waals surface area contributed by atoms with Crippen LogP contribution >= 0.6 is 0 Å². The van der Waals surface area contributed by atoms with Crippen LogP contribution in [0.25, 0.3) is 0 Å². The maximum atomic E-state index is 12.3. The van der Waals surface area contributed by atoms with Gasteiger partial charge in [-0.15, -0.1) is 0 Å². The smallest absolute Gasteiger partial charge is 0.305 e. The number of benzene rings is 1. The van der Waals surface area contributed by atoms with Crippen molar-refractivity contribution >= 4 is 11.9 Å². The lowest BCUT2D eigenvalue weighted by Crippen LogP contribution is -2.45. The molecule has 1 rings (SSSR count). The van der Waals surface area contributed by atoms with Crippen LogP contribution < -0.4 is 10.6 Å². The molecular weight excluding hydrogens is 256 g/mol. The van der Waals surface area contributed by atoms with Crippen LogP contribution in [-0.2, 0) is 11.2 Å². The van der Waals surface area contributed by atoms with Crippen molar-refractivity contribution in [2.24, 2.45) is 0 Å². The number of hydrogen-bond donors (Lipinski definition) is 3. The molecule has 0 aromatic heterocycles. The van der Waals surface area contributed by atoms with Crippen LogP contribution in [0.5, 0.6) is 0 Å². The third kappa shape index (κ3) is 5.01. The van der Waals surface area contributed by atoms with E-state index in [2.05, 4.69) is 10.6 Å². The van der Waals surface area contributed by atoms with Gasteiger partial charge in [-0.2, -0.15) is 0 Å². The van der Waals surface area contributed by atoms with E-state index in [4.69, 9.17) is 5.11 Å². The molecule has 0 atom stereocenters. The first-order chi connectivity index (χ1) is 9.35. The predicted molar refractivity (Wildman–Crippen MR) is 77.9 cm³/mol. The summed E-state index contributed by atoms with van der Waals surface area (Å²) < 4.78 is 0. The summed E-state index contributed by atoms with van der Waals surface area (Å²) in [5.41, 5.74) is 0.769. The molecule has 3 N–H and O–H groups in total. The Labute approximate surface area is 119 Å². The van der Waals surface area contributed by atoms with E-state index >= 15 is 0 Å². The van der Waals surface area contributed by atoms with Crippen LogP contribution in [0.4, 0.5) is 0 Å². The van der Waals surface area contributed by atoms with Gasteiger partial charge in [0, 0.05) is 11.1 Å². The first-order valence-corrected chi connectivity index (χ1v) is 6.62. The Morgan fingerprint density at radius 2 is 1.90 bits per heavy atom. The SMILES string of the molecule is CNCCc1ccccc1C(=O)NC(C)(C)CC(=O)O. The van der Waals surface area contributed by atoms with Gasteiger partial charge in [0.2, 0.25) is 0 Å². The molecule has 0 saturated heterocycles. The largest absolute Gasteiger partial charge is 0.481 e. The number of amides is 1. The van der Waals surface area contributed by atoms with Crippen molar-refractivity contribution in [3.05, 3.63) is 35.4 Å². The highest BCUT2D eigenvalue weighted by Gasteiger charge is 2.25. The molecular formula is C15H22N2O3. The standard InChI is InChI=1S/C15H22N2O3/c1-15(2,10-13(18)19)17-14(20)12-7-5-4-6-11(12)8-9-16-3/h4-7,16H,8-10H2,1-3H3,(H,17,20)(H,18,19). The van der Waals surface area contributed by atoms with Crippen molar-refractivity contribution in [3.8, 4) is 0 Å². The lowest BCUT2D eigenvalue weighted by atomic mass is 9.98. The monoisotopic (exact) mass is 278 g/mol. The quantitative estimate of drug-likeness (QED) is 0.705. The van der Waals surface area contributed by atoms with Gasteiger partial charge in [0.05, 0.1) is 6.42 Å². The summed E-state index contributed by atoms with van der Waals surface area (Å²) in [5, 5.41) is 14.7. The van der Waals surface area contributed by atoms with Gasteiger partial charge in [-0.1, -0.05) is 18.2 Å². The van der Waals surface area contributed by atoms with Crippen molar-refractivity contribution in [1.29, 1.82) is 0 Å². The maximum absolute atomic E-state index is 12.3. The van der Waals surface area contributed by atoms with Crippen LogP contribution in [0.3, 0.4) is 0 Å². The highest BCUT2D eigenvalue weighted by Crippen LogP contribution is 2.13. The molecule has 0 saturated carbocycles. The Morgan fingerprint density at radius 3 is 2.50 bits per heavy atom. The highest BCUT2D eigenvalue weighted by atomic mass is 16.4. The number of likely N-dealkylation sites (N-methyl/N-ethyl adjacent to an activating group) is 1. The normalized spacial score (nSPS) is 11.2. The van der Waals surface area contributed by atoms with E-state index in [1.807, 2.05) is 25.2 Å². The van der Waals surface area contributed by atoms with Crippen molar-refractivity contribution < 1.29 is 14.7 Å². The lowest BCUT2D eigenvalue weighted by molar-refractivity contribution is -0.138. The number of hydrogen-bond acceptors (Lipinski definition) is 3. The summed E-state index contributed by atoms with van der Waals surface area (Å²) in [5.74, 6) is -1.17. The van der Waals surface area contributed by atoms with Gasteiger partial charge in [0.25, 0.3) is 5.91 Å². The molecule has 0 fully saturated rings. The Kier molecular flexibility index (Phi) is 5.70. The number of rotatable bonds is 7. The van der Waals surface area contributed by atoms with Crippen molar-refractivity contribution in [3.63, 3.8) is 0 Å². The minimum atomic E-state index is -0.932. The summed E-state index contributed by atoms with van der Waals surface area (Å²) in [6, 6.07) is 7.37. The average Bonchev–Trinajstić information content (AvgIpc) is 2.34. The molecule has 0 spiro atoms. The first kappa shape index (κ1) is 16.2. The fourth-order valence-corrected chi connectivity index (χ4v) is 2.02. The number of carbonyl (C=O) groups excluding carboxylic acids is 1. The van der Waals surface area contributed by atoms with E-state index in [0.29, 0.717) is 5.56 Å². The Hall–Kier alpha value is -1.88. The molecule has 0 unspecified atom stereocenters. The number of carboxylic acid groups (broad SMARTS) is 1. The molecule has 1 aromatic rings. The number of carboxylic acids is 1. The minimum absolute atomic E-state index is 0.114. The molecule has 0 heterocycles. The van der Waals surface area contributed by atoms with Gasteiger partial charge in [0.15, 0.2) is 0 Å². The van der Waals surface area contributed by atoms with Gasteiger partial charge < -0.3 is 15.7 Å². The highest BCUT2D eigenvalue weighted by molar-refractivity contribution is 5.96. The fraction of sp³-hybridized carbons (Fsp3) is 0.467. The molecule has 0 bridgehead atoms. The summed E-state index contributed by atoms with van der Waals surface area (Å²) >= 11 is 0. The molecule has 20 heavy (non-hydrogen) atoms. The third-order valence-corrected chi connectivity index (χ3v) is 2.95. The van der Waals surface area contributed by atoms with Gasteiger partial charge in [0.1, 0.15) is 0 Å². The summed E-state index contributed by atoms with van der Waals surface area (Å²) in [6.07, 6.45) is 0.636. The van der Waals surface area contributed by atoms with Crippen molar-refractivity contribution in [1.82, 2.24) is 10.6 Å². The molecule has 110 valence electrons. The lowest BCUT2D eigenvalue weighted by Gasteiger charge is -2.25. The molecule has 5 heteroatoms. The number of nitrogens with one attached hydrogen (secondary N) is 2. The van der Waals surface area contributed by atoms with Gasteiger partial charge in [-0.05, 0) is 45.5 Å². The van der Waals surface area contributed by atoms with E-state index in [0.717, 1.165) is 18.5 Å². The zero-order valence-corrected chi connectivity index (χ0v) is 12.2. The van der Waals surface area contributed by atoms with Crippen LogP contribution in [-0.4, -0.2) is 36.1 Å². The van der Waals surface area contributed by atoms with Crippen LogP contribution in [0.15, 0.2) is 24.3 Å². The van der Waals surface area contributed by atoms with Gasteiger partial charge >= 0.3 is 5.97 Å². The van der Waals surface area contributed by atoms with E-state index in [-0.39, 0.29) is 12.3 Å². The Bertz CT molecular complexity index is 484. The van der Waals surface area contributed by atoms with Gasteiger partial charge in [-0.25, -0.2) is 0 Å². The second kappa shape index (κ2) is 7.05. The molecule has 5 nitrogen and oxygen atoms in total. The Balaban J connectivity index is 2.84. The molecule has 0 aliphatic heterocycles. The maximum Gasteiger partial charge on any atom is 0.305 e. The molecule has 0 aliphatic carbocycles. The second-order valence-corrected chi connectivity index (χ2v) is 5.42. The van der Waals surface area contributed by atoms with Crippen LogP contribution in [0.1, 0.15) is 36.2 Å². The molecule has 0 aliphatic rings. The van der Waals surface area contributed by atoms with E-state index in [1.165, 1.54) is 0 Å². The number of carbonyl (C=O) groups is 2. The van der Waals surface area contributed by atoms with E-state index < -0.39 is 11.5 Å². The van der Waals surface area contributed by atoms with Crippen molar-refractivity contribution in [2.75, 3.05) is 13.6 Å². The zero-order valence-electron chi connectivity index (χ0n) is 12.2. The first-order valence-electron chi connectivity index (χ1n) is 6.62. The Morgan fingerprint density at radius 1 is 1.25 bits per heavy atom. The zero-order chi connectivity index (χ0) is 15.2. The molecule has 1 amide bonds. The minimum Gasteiger partial charge on any atom is -0.481 e. The fourth-order valence-electron chi connectivity index (χ4n) is 2.02. The van der Waals surface area contributed by atoms with Crippen molar-refractivity contribution in [2.45, 2.75) is 32.2 Å². The number of aliphatic carboxylic acids is 1. The molecule has 0 radical (unpaired) electrons. The van der Waals surface area contributed by atoms with Gasteiger partial charge in [-0.3, -0.25) is 9.59 Å². The van der Waals surface area contributed by atoms with Crippen LogP contribution in [0.2, 0.25) is 0 Å². The van der Waals surface area contributed by atoms with Crippen LogP contribution in [0, 0.1) is 0 Å². The average molecular weight is 278 g/mol.